The normalized spacial score (nSPS) is 12.6. The number of benzene rings is 3. The van der Waals surface area contributed by atoms with Gasteiger partial charge in [0.1, 0.15) is 11.3 Å². The minimum atomic E-state index is -0.871. The van der Waals surface area contributed by atoms with E-state index in [0.29, 0.717) is 65.9 Å². The van der Waals surface area contributed by atoms with Gasteiger partial charge in [0.05, 0.1) is 31.3 Å². The number of para-hydroxylation sites is 1. The molecule has 0 radical (unpaired) electrons. The lowest BCUT2D eigenvalue weighted by atomic mass is 9.87. The molecule has 1 aliphatic rings. The van der Waals surface area contributed by atoms with Crippen molar-refractivity contribution in [2.75, 3.05) is 33.7 Å². The average molecular weight is 576 g/mol. The monoisotopic (exact) mass is 575 g/mol. The molecule has 0 saturated carbocycles. The number of methoxy groups -OCH3 is 1. The first-order chi connectivity index (χ1) is 20.4. The number of ether oxygens (including phenoxy) is 5. The summed E-state index contributed by atoms with van der Waals surface area (Å²) in [5, 5.41) is 14.6. The largest absolute Gasteiger partial charge is 0.507 e. The van der Waals surface area contributed by atoms with Gasteiger partial charge in [0.2, 0.25) is 18.4 Å². The van der Waals surface area contributed by atoms with E-state index in [9.17, 15) is 14.7 Å². The van der Waals surface area contributed by atoms with Crippen LogP contribution in [0.25, 0.3) is 11.0 Å². The maximum atomic E-state index is 13.3. The number of nitrogens with one attached hydrogen (secondary N) is 1. The molecule has 10 nitrogen and oxygen atoms in total. The van der Waals surface area contributed by atoms with E-state index < -0.39 is 11.5 Å². The molecule has 1 aliphatic heterocycles. The summed E-state index contributed by atoms with van der Waals surface area (Å²) in [4.78, 5) is 26.5. The molecular weight excluding hydrogens is 542 g/mol. The Kier molecular flexibility index (Phi) is 8.71. The van der Waals surface area contributed by atoms with E-state index in [1.807, 2.05) is 32.0 Å². The van der Waals surface area contributed by atoms with Crippen LogP contribution in [0, 0.1) is 0 Å². The van der Waals surface area contributed by atoms with Crippen LogP contribution in [0.4, 0.5) is 0 Å². The van der Waals surface area contributed by atoms with Crippen molar-refractivity contribution in [3.05, 3.63) is 81.7 Å². The lowest BCUT2D eigenvalue weighted by Gasteiger charge is -2.20. The van der Waals surface area contributed by atoms with Crippen LogP contribution in [-0.2, 0) is 11.2 Å². The molecular formula is C32H33NO9. The maximum Gasteiger partial charge on any atom is 0.343 e. The number of carbonyl (C=O) groups excluding carboxylic acids is 1. The lowest BCUT2D eigenvalue weighted by molar-refractivity contribution is -0.121. The van der Waals surface area contributed by atoms with Gasteiger partial charge < -0.3 is 38.5 Å². The highest BCUT2D eigenvalue weighted by molar-refractivity contribution is 5.85. The second kappa shape index (κ2) is 12.8. The number of fused-ring (bicyclic) bond motifs is 2. The molecule has 10 heteroatoms. The number of aromatic hydroxyl groups is 1. The predicted molar refractivity (Wildman–Crippen MR) is 155 cm³/mol. The van der Waals surface area contributed by atoms with Crippen molar-refractivity contribution in [2.45, 2.75) is 32.6 Å². The molecule has 4 aromatic rings. The van der Waals surface area contributed by atoms with Crippen LogP contribution in [0.3, 0.4) is 0 Å². The van der Waals surface area contributed by atoms with E-state index in [4.69, 9.17) is 28.1 Å². The SMILES string of the molecule is CCOc1ccc(CCNC(=O)C[C@@H](c2cc(OC)c3c(c2)OCO3)c2c(O)c3ccccc3oc2=O)cc1OCC. The third kappa shape index (κ3) is 5.93. The molecule has 5 rings (SSSR count). The van der Waals surface area contributed by atoms with Gasteiger partial charge in [0.25, 0.3) is 0 Å². The number of hydrogen-bond donors (Lipinski definition) is 2. The van der Waals surface area contributed by atoms with Gasteiger partial charge in [0, 0.05) is 18.9 Å². The molecule has 1 atom stereocenters. The molecule has 0 saturated heterocycles. The van der Waals surface area contributed by atoms with Crippen LogP contribution in [0.2, 0.25) is 0 Å². The topological polar surface area (TPSA) is 126 Å². The Morgan fingerprint density at radius 2 is 1.79 bits per heavy atom. The van der Waals surface area contributed by atoms with Gasteiger partial charge >= 0.3 is 5.63 Å². The van der Waals surface area contributed by atoms with Crippen LogP contribution in [0.15, 0.2) is 63.8 Å². The second-order valence-electron chi connectivity index (χ2n) is 9.61. The molecule has 220 valence electrons. The van der Waals surface area contributed by atoms with Crippen LogP contribution in [0.1, 0.15) is 42.9 Å². The maximum absolute atomic E-state index is 13.3. The minimum Gasteiger partial charge on any atom is -0.507 e. The molecule has 0 aliphatic carbocycles. The van der Waals surface area contributed by atoms with E-state index in [0.717, 1.165) is 5.56 Å². The molecule has 0 unspecified atom stereocenters. The summed E-state index contributed by atoms with van der Waals surface area (Å²) in [5.41, 5.74) is 0.970. The summed E-state index contributed by atoms with van der Waals surface area (Å²) >= 11 is 0. The summed E-state index contributed by atoms with van der Waals surface area (Å²) in [6, 6.07) is 15.7. The molecule has 2 heterocycles. The summed E-state index contributed by atoms with van der Waals surface area (Å²) in [6.07, 6.45) is 0.400. The molecule has 42 heavy (non-hydrogen) atoms. The first-order valence-electron chi connectivity index (χ1n) is 13.8. The molecule has 0 fully saturated rings. The molecule has 1 amide bonds. The standard InChI is InChI=1S/C32H33NO9/c1-4-38-24-11-10-19(14-25(24)39-5-2)12-13-33-28(34)17-22(20-15-26(37-3)31-27(16-20)40-18-41-31)29-30(35)21-8-6-7-9-23(21)42-32(29)36/h6-11,14-16,22,35H,4-5,12-13,17-18H2,1-3H3,(H,33,34)/t22-/m0/s1. The van der Waals surface area contributed by atoms with Gasteiger partial charge in [-0.25, -0.2) is 4.79 Å². The van der Waals surface area contributed by atoms with E-state index in [1.54, 1.807) is 36.4 Å². The van der Waals surface area contributed by atoms with Gasteiger partial charge in [-0.05, 0) is 67.8 Å². The van der Waals surface area contributed by atoms with Crippen LogP contribution in [-0.4, -0.2) is 44.7 Å². The number of amides is 1. The fourth-order valence-electron chi connectivity index (χ4n) is 5.05. The zero-order valence-corrected chi connectivity index (χ0v) is 23.7. The van der Waals surface area contributed by atoms with Crippen LogP contribution < -0.4 is 34.6 Å². The minimum absolute atomic E-state index is 0.0141. The van der Waals surface area contributed by atoms with Gasteiger partial charge in [-0.2, -0.15) is 0 Å². The van der Waals surface area contributed by atoms with Crippen molar-refractivity contribution in [2.24, 2.45) is 0 Å². The van der Waals surface area contributed by atoms with Crippen LogP contribution >= 0.6 is 0 Å². The Morgan fingerprint density at radius 1 is 1.00 bits per heavy atom. The van der Waals surface area contributed by atoms with Crippen molar-refractivity contribution >= 4 is 16.9 Å². The first kappa shape index (κ1) is 28.7. The Labute approximate surface area is 242 Å². The van der Waals surface area contributed by atoms with Gasteiger partial charge in [-0.15, -0.1) is 0 Å². The van der Waals surface area contributed by atoms with Crippen molar-refractivity contribution < 1.29 is 38.0 Å². The Hall–Kier alpha value is -4.86. The lowest BCUT2D eigenvalue weighted by Crippen LogP contribution is -2.28. The van der Waals surface area contributed by atoms with E-state index in [2.05, 4.69) is 5.32 Å². The van der Waals surface area contributed by atoms with Gasteiger partial charge in [0.15, 0.2) is 23.0 Å². The molecule has 0 spiro atoms. The van der Waals surface area contributed by atoms with Crippen molar-refractivity contribution in [1.82, 2.24) is 5.32 Å². The predicted octanol–water partition coefficient (Wildman–Crippen LogP) is 4.91. The molecule has 3 aromatic carbocycles. The highest BCUT2D eigenvalue weighted by Gasteiger charge is 2.30. The summed E-state index contributed by atoms with van der Waals surface area (Å²) < 4.78 is 33.5. The Morgan fingerprint density at radius 3 is 2.57 bits per heavy atom. The summed E-state index contributed by atoms with van der Waals surface area (Å²) in [5.74, 6) is 1.12. The van der Waals surface area contributed by atoms with Gasteiger partial charge in [-0.1, -0.05) is 18.2 Å². The first-order valence-corrected chi connectivity index (χ1v) is 13.8. The number of rotatable bonds is 12. The van der Waals surface area contributed by atoms with Gasteiger partial charge in [-0.3, -0.25) is 4.79 Å². The quantitative estimate of drug-likeness (QED) is 0.227. The second-order valence-corrected chi connectivity index (χ2v) is 9.61. The van der Waals surface area contributed by atoms with Crippen molar-refractivity contribution in [3.8, 4) is 34.5 Å². The average Bonchev–Trinajstić information content (AvgIpc) is 3.46. The smallest absolute Gasteiger partial charge is 0.343 e. The summed E-state index contributed by atoms with van der Waals surface area (Å²) in [7, 11) is 1.49. The van der Waals surface area contributed by atoms with E-state index >= 15 is 0 Å². The number of carbonyl (C=O) groups is 1. The molecule has 0 bridgehead atoms. The zero-order chi connectivity index (χ0) is 29.6. The third-order valence-electron chi connectivity index (χ3n) is 6.98. The summed E-state index contributed by atoms with van der Waals surface area (Å²) in [6.45, 7) is 5.20. The zero-order valence-electron chi connectivity index (χ0n) is 23.7. The van der Waals surface area contributed by atoms with E-state index in [-0.39, 0.29) is 36.0 Å². The highest BCUT2D eigenvalue weighted by Crippen LogP contribution is 2.46. The highest BCUT2D eigenvalue weighted by atomic mass is 16.7. The Bertz CT molecular complexity index is 1650. The fraction of sp³-hybridized carbons (Fsp3) is 0.312. The Balaban J connectivity index is 1.42. The third-order valence-corrected chi connectivity index (χ3v) is 6.98. The van der Waals surface area contributed by atoms with Crippen molar-refractivity contribution in [1.29, 1.82) is 0 Å². The van der Waals surface area contributed by atoms with E-state index in [1.165, 1.54) is 7.11 Å². The number of hydrogen-bond acceptors (Lipinski definition) is 9. The van der Waals surface area contributed by atoms with Crippen molar-refractivity contribution in [3.63, 3.8) is 0 Å². The fourth-order valence-corrected chi connectivity index (χ4v) is 5.05. The molecule has 2 N–H and O–H groups in total. The molecule has 1 aromatic heterocycles. The van der Waals surface area contributed by atoms with Crippen LogP contribution in [0.5, 0.6) is 34.5 Å².